The van der Waals surface area contributed by atoms with Gasteiger partial charge in [0.25, 0.3) is 5.91 Å². The summed E-state index contributed by atoms with van der Waals surface area (Å²) in [4.78, 5) is 14.2. The zero-order chi connectivity index (χ0) is 12.3. The zero-order valence-corrected chi connectivity index (χ0v) is 10.3. The summed E-state index contributed by atoms with van der Waals surface area (Å²) in [5, 5.41) is 0. The molecule has 94 valence electrons. The Kier molecular flexibility index (Phi) is 3.84. The first-order valence-corrected chi connectivity index (χ1v) is 6.31. The minimum Gasteiger partial charge on any atom is -0.467 e. The van der Waals surface area contributed by atoms with Crippen LogP contribution in [0.1, 0.15) is 42.3 Å². The van der Waals surface area contributed by atoms with Crippen molar-refractivity contribution in [2.45, 2.75) is 32.7 Å². The molecule has 1 saturated carbocycles. The molecular formula is C13H20N2O2. The largest absolute Gasteiger partial charge is 0.467 e. The van der Waals surface area contributed by atoms with Gasteiger partial charge in [-0.25, -0.2) is 0 Å². The summed E-state index contributed by atoms with van der Waals surface area (Å²) < 4.78 is 5.21. The molecule has 2 N–H and O–H groups in total. The highest BCUT2D eigenvalue weighted by atomic mass is 16.3. The average molecular weight is 236 g/mol. The fourth-order valence-corrected chi connectivity index (χ4v) is 1.94. The Bertz CT molecular complexity index is 383. The lowest BCUT2D eigenvalue weighted by molar-refractivity contribution is 0.0747. The van der Waals surface area contributed by atoms with Gasteiger partial charge in [0.15, 0.2) is 0 Å². The summed E-state index contributed by atoms with van der Waals surface area (Å²) in [6.07, 6.45) is 5.01. The third-order valence-electron chi connectivity index (χ3n) is 3.06. The van der Waals surface area contributed by atoms with Crippen LogP contribution in [-0.4, -0.2) is 23.9 Å². The lowest BCUT2D eigenvalue weighted by Crippen LogP contribution is -2.33. The van der Waals surface area contributed by atoms with Crippen molar-refractivity contribution >= 4 is 5.91 Å². The first kappa shape index (κ1) is 12.2. The van der Waals surface area contributed by atoms with Gasteiger partial charge in [0, 0.05) is 13.1 Å². The fraction of sp³-hybridized carbons (Fsp3) is 0.615. The van der Waals surface area contributed by atoms with Crippen LogP contribution in [-0.2, 0) is 6.54 Å². The molecule has 2 rings (SSSR count). The molecule has 1 heterocycles. The third kappa shape index (κ3) is 3.09. The van der Waals surface area contributed by atoms with Gasteiger partial charge >= 0.3 is 0 Å². The Morgan fingerprint density at radius 1 is 1.59 bits per heavy atom. The molecule has 4 nitrogen and oxygen atoms in total. The maximum absolute atomic E-state index is 12.3. The second-order valence-corrected chi connectivity index (χ2v) is 4.70. The number of rotatable bonds is 6. The van der Waals surface area contributed by atoms with Crippen molar-refractivity contribution in [2.24, 2.45) is 11.7 Å². The molecule has 0 aliphatic heterocycles. The molecule has 1 aromatic heterocycles. The number of furan rings is 1. The monoisotopic (exact) mass is 236 g/mol. The van der Waals surface area contributed by atoms with E-state index in [2.05, 4.69) is 6.92 Å². The molecule has 0 unspecified atom stereocenters. The third-order valence-corrected chi connectivity index (χ3v) is 3.06. The van der Waals surface area contributed by atoms with Gasteiger partial charge in [-0.05, 0) is 31.2 Å². The Morgan fingerprint density at radius 2 is 2.35 bits per heavy atom. The molecule has 0 saturated heterocycles. The summed E-state index contributed by atoms with van der Waals surface area (Å²) in [6, 6.07) is 1.75. The van der Waals surface area contributed by atoms with Crippen LogP contribution in [0.5, 0.6) is 0 Å². The predicted octanol–water partition coefficient (Wildman–Crippen LogP) is 2.00. The van der Waals surface area contributed by atoms with Gasteiger partial charge in [0.05, 0.1) is 12.1 Å². The summed E-state index contributed by atoms with van der Waals surface area (Å²) in [5.74, 6) is 1.45. The molecule has 4 heteroatoms. The summed E-state index contributed by atoms with van der Waals surface area (Å²) >= 11 is 0. The van der Waals surface area contributed by atoms with Crippen molar-refractivity contribution < 1.29 is 9.21 Å². The highest BCUT2D eigenvalue weighted by molar-refractivity contribution is 5.94. The zero-order valence-electron chi connectivity index (χ0n) is 10.3. The van der Waals surface area contributed by atoms with Crippen LogP contribution in [0.15, 0.2) is 16.7 Å². The van der Waals surface area contributed by atoms with Crippen molar-refractivity contribution in [2.75, 3.05) is 13.1 Å². The van der Waals surface area contributed by atoms with Crippen LogP contribution in [0.3, 0.4) is 0 Å². The number of carbonyl (C=O) groups excluding carboxylic acids is 1. The van der Waals surface area contributed by atoms with Crippen molar-refractivity contribution in [3.63, 3.8) is 0 Å². The van der Waals surface area contributed by atoms with Crippen LogP contribution < -0.4 is 5.73 Å². The highest BCUT2D eigenvalue weighted by Gasteiger charge is 2.27. The molecule has 1 aliphatic rings. The summed E-state index contributed by atoms with van der Waals surface area (Å²) in [6.45, 7) is 4.13. The molecule has 1 aromatic rings. The summed E-state index contributed by atoms with van der Waals surface area (Å²) in [5.41, 5.74) is 6.09. The number of nitrogens with two attached hydrogens (primary N) is 1. The smallest absolute Gasteiger partial charge is 0.257 e. The number of carbonyl (C=O) groups is 1. The normalized spacial score (nSPS) is 14.9. The van der Waals surface area contributed by atoms with Crippen LogP contribution in [0, 0.1) is 5.92 Å². The van der Waals surface area contributed by atoms with Crippen molar-refractivity contribution in [1.29, 1.82) is 0 Å². The van der Waals surface area contributed by atoms with Gasteiger partial charge in [-0.3, -0.25) is 4.79 Å². The lowest BCUT2D eigenvalue weighted by Gasteiger charge is -2.21. The second-order valence-electron chi connectivity index (χ2n) is 4.70. The predicted molar refractivity (Wildman–Crippen MR) is 65.5 cm³/mol. The van der Waals surface area contributed by atoms with Crippen molar-refractivity contribution in [3.8, 4) is 0 Å². The maximum Gasteiger partial charge on any atom is 0.257 e. The molecule has 1 aliphatic carbocycles. The summed E-state index contributed by atoms with van der Waals surface area (Å²) in [7, 11) is 0. The number of amides is 1. The van der Waals surface area contributed by atoms with E-state index in [-0.39, 0.29) is 5.91 Å². The van der Waals surface area contributed by atoms with Gasteiger partial charge in [0.2, 0.25) is 0 Å². The van der Waals surface area contributed by atoms with Gasteiger partial charge in [-0.1, -0.05) is 6.92 Å². The maximum atomic E-state index is 12.3. The molecule has 1 fully saturated rings. The molecule has 0 spiro atoms. The number of hydrogen-bond acceptors (Lipinski definition) is 3. The van der Waals surface area contributed by atoms with E-state index in [4.69, 9.17) is 10.2 Å². The second kappa shape index (κ2) is 5.36. The van der Waals surface area contributed by atoms with Gasteiger partial charge in [0.1, 0.15) is 12.0 Å². The van der Waals surface area contributed by atoms with E-state index < -0.39 is 0 Å². The Balaban J connectivity index is 2.02. The van der Waals surface area contributed by atoms with Gasteiger partial charge < -0.3 is 15.1 Å². The average Bonchev–Trinajstić information content (AvgIpc) is 3.02. The van der Waals surface area contributed by atoms with E-state index in [9.17, 15) is 4.79 Å². The molecular weight excluding hydrogens is 216 g/mol. The van der Waals surface area contributed by atoms with E-state index in [0.717, 1.165) is 19.5 Å². The van der Waals surface area contributed by atoms with Gasteiger partial charge in [-0.15, -0.1) is 0 Å². The first-order chi connectivity index (χ1) is 8.24. The standard InChI is InChI=1S/C13H20N2O2/c1-2-5-15(8-10-3-4-10)13(16)11-6-12(7-14)17-9-11/h6,9-10H,2-5,7-8,14H2,1H3. The topological polar surface area (TPSA) is 59.5 Å². The van der Waals surface area contributed by atoms with Crippen molar-refractivity contribution in [1.82, 2.24) is 4.90 Å². The fourth-order valence-electron chi connectivity index (χ4n) is 1.94. The minimum absolute atomic E-state index is 0.0715. The van der Waals surface area contributed by atoms with Gasteiger partial charge in [-0.2, -0.15) is 0 Å². The molecule has 0 atom stereocenters. The van der Waals surface area contributed by atoms with E-state index in [0.29, 0.717) is 23.8 Å². The van der Waals surface area contributed by atoms with E-state index in [1.54, 1.807) is 6.07 Å². The molecule has 1 amide bonds. The quantitative estimate of drug-likeness (QED) is 0.821. The Labute approximate surface area is 102 Å². The lowest BCUT2D eigenvalue weighted by atomic mass is 10.2. The number of hydrogen-bond donors (Lipinski definition) is 1. The van der Waals surface area contributed by atoms with Crippen LogP contribution in [0.25, 0.3) is 0 Å². The molecule has 0 aromatic carbocycles. The molecule has 0 radical (unpaired) electrons. The number of nitrogens with zero attached hydrogens (tertiary/aromatic N) is 1. The highest BCUT2D eigenvalue weighted by Crippen LogP contribution is 2.30. The van der Waals surface area contributed by atoms with E-state index in [1.807, 2.05) is 4.90 Å². The van der Waals surface area contributed by atoms with Crippen LogP contribution in [0.2, 0.25) is 0 Å². The van der Waals surface area contributed by atoms with Crippen LogP contribution in [0.4, 0.5) is 0 Å². The van der Waals surface area contributed by atoms with Crippen molar-refractivity contribution in [3.05, 3.63) is 23.7 Å². The Hall–Kier alpha value is -1.29. The first-order valence-electron chi connectivity index (χ1n) is 6.31. The SMILES string of the molecule is CCCN(CC1CC1)C(=O)c1coc(CN)c1. The minimum atomic E-state index is 0.0715. The molecule has 0 bridgehead atoms. The van der Waals surface area contributed by atoms with Crippen LogP contribution >= 0.6 is 0 Å². The molecule has 17 heavy (non-hydrogen) atoms. The Morgan fingerprint density at radius 3 is 2.88 bits per heavy atom. The van der Waals surface area contributed by atoms with E-state index >= 15 is 0 Å². The van der Waals surface area contributed by atoms with E-state index in [1.165, 1.54) is 19.1 Å².